The standard InChI is InChI=1S/C21H24FN3O2/c1-26-20-6-3-9-24-21(20)25-11-10-23-13-17(25)5-2-4-15-14-27-19-8-7-16(22)12-18(15)19/h3,6-9,12,14,17,23H,2,4-5,10-11,13H2,1H3. The van der Waals surface area contributed by atoms with Crippen LogP contribution in [-0.2, 0) is 6.42 Å². The first-order valence-corrected chi connectivity index (χ1v) is 9.38. The summed E-state index contributed by atoms with van der Waals surface area (Å²) in [5.41, 5.74) is 1.81. The molecule has 1 atom stereocenters. The topological polar surface area (TPSA) is 50.5 Å². The minimum atomic E-state index is -0.227. The number of hydrogen-bond acceptors (Lipinski definition) is 5. The molecular weight excluding hydrogens is 345 g/mol. The summed E-state index contributed by atoms with van der Waals surface area (Å²) in [6.07, 6.45) is 6.42. The van der Waals surface area contributed by atoms with Crippen molar-refractivity contribution in [2.45, 2.75) is 25.3 Å². The Morgan fingerprint density at radius 3 is 3.19 bits per heavy atom. The van der Waals surface area contributed by atoms with Crippen molar-refractivity contribution in [1.82, 2.24) is 10.3 Å². The van der Waals surface area contributed by atoms with E-state index in [9.17, 15) is 4.39 Å². The van der Waals surface area contributed by atoms with E-state index in [1.807, 2.05) is 18.3 Å². The van der Waals surface area contributed by atoms with Gasteiger partial charge in [-0.1, -0.05) is 0 Å². The fourth-order valence-corrected chi connectivity index (χ4v) is 3.83. The van der Waals surface area contributed by atoms with Crippen LogP contribution in [0.1, 0.15) is 18.4 Å². The molecule has 4 rings (SSSR count). The number of halogens is 1. The Kier molecular flexibility index (Phi) is 5.25. The molecule has 142 valence electrons. The first-order valence-electron chi connectivity index (χ1n) is 9.38. The van der Waals surface area contributed by atoms with E-state index in [-0.39, 0.29) is 5.82 Å². The molecule has 0 bridgehead atoms. The first kappa shape index (κ1) is 17.8. The van der Waals surface area contributed by atoms with Crippen LogP contribution in [0.3, 0.4) is 0 Å². The van der Waals surface area contributed by atoms with Crippen molar-refractivity contribution in [3.05, 3.63) is 54.2 Å². The Hall–Kier alpha value is -2.60. The maximum Gasteiger partial charge on any atom is 0.171 e. The van der Waals surface area contributed by atoms with Crippen LogP contribution >= 0.6 is 0 Å². The summed E-state index contributed by atoms with van der Waals surface area (Å²) in [6, 6.07) is 8.87. The van der Waals surface area contributed by atoms with Gasteiger partial charge in [0.05, 0.1) is 13.4 Å². The fourth-order valence-electron chi connectivity index (χ4n) is 3.83. The maximum atomic E-state index is 13.5. The number of fused-ring (bicyclic) bond motifs is 1. The minimum absolute atomic E-state index is 0.227. The fraction of sp³-hybridized carbons (Fsp3) is 0.381. The lowest BCUT2D eigenvalue weighted by molar-refractivity contribution is 0.398. The van der Waals surface area contributed by atoms with Crippen molar-refractivity contribution >= 4 is 16.8 Å². The number of hydrogen-bond donors (Lipinski definition) is 1. The average molecular weight is 369 g/mol. The highest BCUT2D eigenvalue weighted by molar-refractivity contribution is 5.81. The van der Waals surface area contributed by atoms with Crippen molar-refractivity contribution in [2.24, 2.45) is 0 Å². The van der Waals surface area contributed by atoms with E-state index in [1.54, 1.807) is 25.5 Å². The summed E-state index contributed by atoms with van der Waals surface area (Å²) in [6.45, 7) is 2.75. The molecule has 1 fully saturated rings. The molecule has 1 aromatic carbocycles. The van der Waals surface area contributed by atoms with Crippen LogP contribution in [0, 0.1) is 5.82 Å². The Labute approximate surface area is 158 Å². The van der Waals surface area contributed by atoms with Gasteiger partial charge in [-0.15, -0.1) is 0 Å². The van der Waals surface area contributed by atoms with Crippen LogP contribution in [0.25, 0.3) is 11.0 Å². The molecule has 2 aromatic heterocycles. The monoisotopic (exact) mass is 369 g/mol. The lowest BCUT2D eigenvalue weighted by atomic mass is 10.0. The molecule has 0 radical (unpaired) electrons. The van der Waals surface area contributed by atoms with Gasteiger partial charge in [0.25, 0.3) is 0 Å². The van der Waals surface area contributed by atoms with Gasteiger partial charge in [0.15, 0.2) is 11.6 Å². The van der Waals surface area contributed by atoms with Crippen LogP contribution in [0.4, 0.5) is 10.2 Å². The van der Waals surface area contributed by atoms with Crippen molar-refractivity contribution in [1.29, 1.82) is 0 Å². The predicted molar refractivity (Wildman–Crippen MR) is 104 cm³/mol. The zero-order chi connectivity index (χ0) is 18.6. The zero-order valence-corrected chi connectivity index (χ0v) is 15.5. The number of aryl methyl sites for hydroxylation is 1. The third kappa shape index (κ3) is 3.76. The number of ether oxygens (including phenoxy) is 1. The number of aromatic nitrogens is 1. The molecule has 1 saturated heterocycles. The van der Waals surface area contributed by atoms with Gasteiger partial charge in [-0.05, 0) is 55.2 Å². The molecule has 6 heteroatoms. The SMILES string of the molecule is COc1cccnc1N1CCNCC1CCCc1coc2ccc(F)cc12. The Morgan fingerprint density at radius 2 is 2.30 bits per heavy atom. The average Bonchev–Trinajstić information content (AvgIpc) is 3.10. The molecule has 0 saturated carbocycles. The lowest BCUT2D eigenvalue weighted by Crippen LogP contribution is -2.51. The number of anilines is 1. The zero-order valence-electron chi connectivity index (χ0n) is 15.5. The quantitative estimate of drug-likeness (QED) is 0.717. The second-order valence-corrected chi connectivity index (χ2v) is 6.87. The summed E-state index contributed by atoms with van der Waals surface area (Å²) in [4.78, 5) is 6.88. The van der Waals surface area contributed by atoms with Crippen LogP contribution in [0.5, 0.6) is 5.75 Å². The molecule has 3 heterocycles. The van der Waals surface area contributed by atoms with Crippen LogP contribution in [0.2, 0.25) is 0 Å². The Bertz CT molecular complexity index is 911. The van der Waals surface area contributed by atoms with Gasteiger partial charge in [-0.2, -0.15) is 0 Å². The molecule has 0 spiro atoms. The van der Waals surface area contributed by atoms with Crippen LogP contribution in [-0.4, -0.2) is 37.8 Å². The highest BCUT2D eigenvalue weighted by atomic mass is 19.1. The van der Waals surface area contributed by atoms with Gasteiger partial charge < -0.3 is 19.4 Å². The maximum absolute atomic E-state index is 13.5. The van der Waals surface area contributed by atoms with Gasteiger partial charge in [-0.3, -0.25) is 0 Å². The third-order valence-electron chi connectivity index (χ3n) is 5.19. The smallest absolute Gasteiger partial charge is 0.171 e. The van der Waals surface area contributed by atoms with Crippen molar-refractivity contribution < 1.29 is 13.5 Å². The molecule has 1 aliphatic rings. The molecule has 0 amide bonds. The molecule has 3 aromatic rings. The Balaban J connectivity index is 1.45. The van der Waals surface area contributed by atoms with Crippen molar-refractivity contribution in [2.75, 3.05) is 31.6 Å². The van der Waals surface area contributed by atoms with E-state index in [2.05, 4.69) is 15.2 Å². The van der Waals surface area contributed by atoms with E-state index in [0.717, 1.165) is 67.0 Å². The number of rotatable bonds is 6. The highest BCUT2D eigenvalue weighted by Gasteiger charge is 2.25. The molecule has 1 unspecified atom stereocenters. The lowest BCUT2D eigenvalue weighted by Gasteiger charge is -2.37. The number of piperazine rings is 1. The van der Waals surface area contributed by atoms with Crippen molar-refractivity contribution in [3.63, 3.8) is 0 Å². The number of pyridine rings is 1. The Morgan fingerprint density at radius 1 is 1.37 bits per heavy atom. The van der Waals surface area contributed by atoms with Gasteiger partial charge >= 0.3 is 0 Å². The van der Waals surface area contributed by atoms with E-state index in [1.165, 1.54) is 6.07 Å². The predicted octanol–water partition coefficient (Wildman–Crippen LogP) is 3.78. The molecule has 1 N–H and O–H groups in total. The van der Waals surface area contributed by atoms with Crippen molar-refractivity contribution in [3.8, 4) is 5.75 Å². The van der Waals surface area contributed by atoms with E-state index < -0.39 is 0 Å². The summed E-state index contributed by atoms with van der Waals surface area (Å²) in [5, 5.41) is 4.35. The number of methoxy groups -OCH3 is 1. The number of benzene rings is 1. The third-order valence-corrected chi connectivity index (χ3v) is 5.19. The number of nitrogens with zero attached hydrogens (tertiary/aromatic N) is 2. The van der Waals surface area contributed by atoms with Gasteiger partial charge in [-0.25, -0.2) is 9.37 Å². The van der Waals surface area contributed by atoms with E-state index >= 15 is 0 Å². The van der Waals surface area contributed by atoms with Gasteiger partial charge in [0.1, 0.15) is 11.4 Å². The highest BCUT2D eigenvalue weighted by Crippen LogP contribution is 2.29. The molecule has 0 aliphatic carbocycles. The molecule has 27 heavy (non-hydrogen) atoms. The number of nitrogens with one attached hydrogen (secondary N) is 1. The van der Waals surface area contributed by atoms with E-state index in [0.29, 0.717) is 6.04 Å². The first-order chi connectivity index (χ1) is 13.3. The number of furan rings is 1. The second kappa shape index (κ2) is 7.96. The molecule has 5 nitrogen and oxygen atoms in total. The van der Waals surface area contributed by atoms with Crippen LogP contribution in [0.15, 0.2) is 47.2 Å². The van der Waals surface area contributed by atoms with E-state index in [4.69, 9.17) is 9.15 Å². The minimum Gasteiger partial charge on any atom is -0.493 e. The van der Waals surface area contributed by atoms with Gasteiger partial charge in [0.2, 0.25) is 0 Å². The van der Waals surface area contributed by atoms with Gasteiger partial charge in [0, 0.05) is 37.3 Å². The normalized spacial score (nSPS) is 17.4. The summed E-state index contributed by atoms with van der Waals surface area (Å²) in [5.74, 6) is 1.48. The van der Waals surface area contributed by atoms with Crippen LogP contribution < -0.4 is 15.0 Å². The summed E-state index contributed by atoms with van der Waals surface area (Å²) >= 11 is 0. The largest absolute Gasteiger partial charge is 0.493 e. The second-order valence-electron chi connectivity index (χ2n) is 6.87. The molecular formula is C21H24FN3O2. The summed E-state index contributed by atoms with van der Waals surface area (Å²) < 4.78 is 24.6. The molecule has 1 aliphatic heterocycles. The summed E-state index contributed by atoms with van der Waals surface area (Å²) in [7, 11) is 1.68.